The summed E-state index contributed by atoms with van der Waals surface area (Å²) in [5, 5.41) is 14.5. The van der Waals surface area contributed by atoms with Crippen molar-refractivity contribution in [3.05, 3.63) is 65.1 Å². The van der Waals surface area contributed by atoms with E-state index in [1.165, 1.54) is 12.1 Å². The molecule has 4 aromatic rings. The molecule has 0 radical (unpaired) electrons. The zero-order chi connectivity index (χ0) is 20.5. The van der Waals surface area contributed by atoms with Crippen LogP contribution in [0, 0.1) is 5.82 Å². The minimum absolute atomic E-state index is 0.338. The van der Waals surface area contributed by atoms with E-state index in [1.807, 2.05) is 12.1 Å². The van der Waals surface area contributed by atoms with E-state index in [0.29, 0.717) is 34.0 Å². The van der Waals surface area contributed by atoms with Gasteiger partial charge in [-0.2, -0.15) is 5.10 Å². The first-order chi connectivity index (χ1) is 14.7. The number of nitrogens with one attached hydrogen (secondary N) is 3. The predicted molar refractivity (Wildman–Crippen MR) is 112 cm³/mol. The summed E-state index contributed by atoms with van der Waals surface area (Å²) in [6, 6.07) is 11.7. The molecule has 3 heterocycles. The van der Waals surface area contributed by atoms with Crippen LogP contribution in [0.5, 0.6) is 0 Å². The second kappa shape index (κ2) is 7.79. The SMILES string of the molecule is FCc1ccccc1-c1nc2c(c(Nc3n[nH]c4ccc(F)cc34)n1)CCNCC2. The highest BCUT2D eigenvalue weighted by atomic mass is 19.1. The highest BCUT2D eigenvalue weighted by molar-refractivity contribution is 5.91. The number of rotatable bonds is 4. The lowest BCUT2D eigenvalue weighted by molar-refractivity contribution is 0.486. The fourth-order valence-corrected chi connectivity index (χ4v) is 3.82. The van der Waals surface area contributed by atoms with Gasteiger partial charge in [-0.05, 0) is 36.7 Å². The number of H-pyrrole nitrogens is 1. The molecule has 0 fully saturated rings. The van der Waals surface area contributed by atoms with Gasteiger partial charge in [-0.25, -0.2) is 18.7 Å². The first kappa shape index (κ1) is 18.6. The van der Waals surface area contributed by atoms with E-state index in [2.05, 4.69) is 20.8 Å². The average Bonchev–Trinajstić information content (AvgIpc) is 3.00. The summed E-state index contributed by atoms with van der Waals surface area (Å²) in [6.45, 7) is 1.02. The second-order valence-electron chi connectivity index (χ2n) is 7.25. The molecule has 2 aromatic carbocycles. The molecular formula is C22H20F2N6. The van der Waals surface area contributed by atoms with Crippen molar-refractivity contribution in [3.8, 4) is 11.4 Å². The van der Waals surface area contributed by atoms with Crippen molar-refractivity contribution in [1.29, 1.82) is 0 Å². The maximum atomic E-state index is 13.8. The quantitative estimate of drug-likeness (QED) is 0.476. The Labute approximate surface area is 171 Å². The molecule has 0 amide bonds. The number of nitrogens with zero attached hydrogens (tertiary/aromatic N) is 3. The van der Waals surface area contributed by atoms with Gasteiger partial charge in [0.05, 0.1) is 11.2 Å². The Hall–Kier alpha value is -3.39. The third-order valence-corrected chi connectivity index (χ3v) is 5.35. The lowest BCUT2D eigenvalue weighted by Gasteiger charge is -2.15. The highest BCUT2D eigenvalue weighted by Crippen LogP contribution is 2.30. The molecule has 5 rings (SSSR count). The molecule has 0 atom stereocenters. The minimum atomic E-state index is -0.593. The van der Waals surface area contributed by atoms with Crippen LogP contribution in [-0.4, -0.2) is 33.3 Å². The number of aromatic amines is 1. The van der Waals surface area contributed by atoms with Crippen LogP contribution in [0.4, 0.5) is 20.4 Å². The van der Waals surface area contributed by atoms with Gasteiger partial charge < -0.3 is 10.6 Å². The Morgan fingerprint density at radius 1 is 1.00 bits per heavy atom. The number of hydrogen-bond donors (Lipinski definition) is 3. The van der Waals surface area contributed by atoms with Gasteiger partial charge in [-0.15, -0.1) is 0 Å². The Balaban J connectivity index is 1.65. The molecule has 8 heteroatoms. The fraction of sp³-hybridized carbons (Fsp3) is 0.227. The molecule has 6 nitrogen and oxygen atoms in total. The minimum Gasteiger partial charge on any atom is -0.323 e. The van der Waals surface area contributed by atoms with E-state index in [1.54, 1.807) is 18.2 Å². The van der Waals surface area contributed by atoms with Crippen molar-refractivity contribution in [3.63, 3.8) is 0 Å². The Morgan fingerprint density at radius 2 is 1.87 bits per heavy atom. The summed E-state index contributed by atoms with van der Waals surface area (Å²) in [5.74, 6) is 1.24. The van der Waals surface area contributed by atoms with E-state index in [4.69, 9.17) is 9.97 Å². The molecule has 2 aromatic heterocycles. The van der Waals surface area contributed by atoms with Crippen LogP contribution in [0.15, 0.2) is 42.5 Å². The summed E-state index contributed by atoms with van der Waals surface area (Å²) < 4.78 is 27.4. The third kappa shape index (κ3) is 3.39. The lowest BCUT2D eigenvalue weighted by Crippen LogP contribution is -2.16. The van der Waals surface area contributed by atoms with Crippen LogP contribution in [0.3, 0.4) is 0 Å². The summed E-state index contributed by atoms with van der Waals surface area (Å²) in [5.41, 5.74) is 3.85. The zero-order valence-electron chi connectivity index (χ0n) is 16.2. The maximum Gasteiger partial charge on any atom is 0.162 e. The van der Waals surface area contributed by atoms with Crippen LogP contribution in [0.2, 0.25) is 0 Å². The molecule has 0 saturated carbocycles. The van der Waals surface area contributed by atoms with Crippen LogP contribution in [0.25, 0.3) is 22.3 Å². The third-order valence-electron chi connectivity index (χ3n) is 5.35. The van der Waals surface area contributed by atoms with Crippen molar-refractivity contribution in [1.82, 2.24) is 25.5 Å². The second-order valence-corrected chi connectivity index (χ2v) is 7.25. The maximum absolute atomic E-state index is 13.8. The van der Waals surface area contributed by atoms with Gasteiger partial charge in [0, 0.05) is 29.5 Å². The first-order valence-electron chi connectivity index (χ1n) is 9.88. The van der Waals surface area contributed by atoms with Crippen LogP contribution < -0.4 is 10.6 Å². The Morgan fingerprint density at radius 3 is 2.77 bits per heavy atom. The van der Waals surface area contributed by atoms with E-state index in [9.17, 15) is 8.78 Å². The van der Waals surface area contributed by atoms with Gasteiger partial charge in [0.25, 0.3) is 0 Å². The Kier molecular flexibility index (Phi) is 4.84. The molecule has 1 aliphatic rings. The van der Waals surface area contributed by atoms with Gasteiger partial charge in [0.2, 0.25) is 0 Å². The standard InChI is InChI=1S/C22H20F2N6/c23-12-13-3-1-2-4-15(13)20-26-18-8-10-25-9-7-16(18)21(27-20)28-22-17-11-14(24)5-6-19(17)29-30-22/h1-6,11,25H,7-10,12H2,(H2,26,27,28,29,30). The Bertz CT molecular complexity index is 1220. The van der Waals surface area contributed by atoms with Crippen LogP contribution >= 0.6 is 0 Å². The molecule has 30 heavy (non-hydrogen) atoms. The highest BCUT2D eigenvalue weighted by Gasteiger charge is 2.20. The molecule has 0 bridgehead atoms. The largest absolute Gasteiger partial charge is 0.323 e. The van der Waals surface area contributed by atoms with E-state index < -0.39 is 6.67 Å². The van der Waals surface area contributed by atoms with Gasteiger partial charge >= 0.3 is 0 Å². The predicted octanol–water partition coefficient (Wildman–Crippen LogP) is 4.06. The number of anilines is 2. The van der Waals surface area contributed by atoms with Gasteiger partial charge in [0.15, 0.2) is 11.6 Å². The molecule has 0 aliphatic carbocycles. The van der Waals surface area contributed by atoms with Gasteiger partial charge in [-0.3, -0.25) is 5.10 Å². The normalized spacial score (nSPS) is 13.8. The smallest absolute Gasteiger partial charge is 0.162 e. The van der Waals surface area contributed by atoms with E-state index >= 15 is 0 Å². The van der Waals surface area contributed by atoms with E-state index in [-0.39, 0.29) is 5.82 Å². The van der Waals surface area contributed by atoms with Gasteiger partial charge in [-0.1, -0.05) is 24.3 Å². The number of alkyl halides is 1. The summed E-state index contributed by atoms with van der Waals surface area (Å²) >= 11 is 0. The van der Waals surface area contributed by atoms with Crippen molar-refractivity contribution in [2.45, 2.75) is 19.5 Å². The summed E-state index contributed by atoms with van der Waals surface area (Å²) in [4.78, 5) is 9.52. The van der Waals surface area contributed by atoms with Crippen LogP contribution in [-0.2, 0) is 19.5 Å². The molecule has 0 unspecified atom stereocenters. The number of aromatic nitrogens is 4. The molecule has 0 saturated heterocycles. The zero-order valence-corrected chi connectivity index (χ0v) is 16.2. The molecule has 152 valence electrons. The van der Waals surface area contributed by atoms with E-state index in [0.717, 1.165) is 42.7 Å². The average molecular weight is 406 g/mol. The summed E-state index contributed by atoms with van der Waals surface area (Å²) in [7, 11) is 0. The van der Waals surface area contributed by atoms with Crippen molar-refractivity contribution in [2.75, 3.05) is 18.4 Å². The fourth-order valence-electron chi connectivity index (χ4n) is 3.82. The lowest BCUT2D eigenvalue weighted by atomic mass is 10.1. The number of halogens is 2. The number of fused-ring (bicyclic) bond motifs is 2. The molecule has 0 spiro atoms. The topological polar surface area (TPSA) is 78.5 Å². The van der Waals surface area contributed by atoms with Crippen molar-refractivity contribution >= 4 is 22.5 Å². The van der Waals surface area contributed by atoms with Crippen molar-refractivity contribution in [2.24, 2.45) is 0 Å². The summed E-state index contributed by atoms with van der Waals surface area (Å²) in [6.07, 6.45) is 1.49. The first-order valence-corrected chi connectivity index (χ1v) is 9.88. The van der Waals surface area contributed by atoms with Crippen molar-refractivity contribution < 1.29 is 8.78 Å². The molecule has 3 N–H and O–H groups in total. The number of hydrogen-bond acceptors (Lipinski definition) is 5. The molecular weight excluding hydrogens is 386 g/mol. The van der Waals surface area contributed by atoms with Gasteiger partial charge in [0.1, 0.15) is 18.3 Å². The molecule has 1 aliphatic heterocycles. The number of benzene rings is 2. The monoisotopic (exact) mass is 406 g/mol. The van der Waals surface area contributed by atoms with Crippen LogP contribution in [0.1, 0.15) is 16.8 Å².